The van der Waals surface area contributed by atoms with Crippen molar-refractivity contribution in [3.8, 4) is 0 Å². The summed E-state index contributed by atoms with van der Waals surface area (Å²) in [6.45, 7) is 10.5. The SMILES string of the molecule is CN1CCN(Cc2cccc(C(=O)NCC3(C)CCNCC3)c2)CC1. The fourth-order valence-electron chi connectivity index (χ4n) is 3.68. The number of piperidine rings is 1. The van der Waals surface area contributed by atoms with Crippen molar-refractivity contribution in [1.82, 2.24) is 20.4 Å². The Balaban J connectivity index is 1.54. The van der Waals surface area contributed by atoms with Crippen LogP contribution in [-0.2, 0) is 6.54 Å². The van der Waals surface area contributed by atoms with E-state index in [4.69, 9.17) is 0 Å². The molecule has 1 amide bonds. The zero-order valence-corrected chi connectivity index (χ0v) is 15.7. The third-order valence-corrected chi connectivity index (χ3v) is 5.68. The molecule has 2 fully saturated rings. The van der Waals surface area contributed by atoms with Gasteiger partial charge >= 0.3 is 0 Å². The summed E-state index contributed by atoms with van der Waals surface area (Å²) < 4.78 is 0. The molecule has 1 aromatic carbocycles. The largest absolute Gasteiger partial charge is 0.351 e. The smallest absolute Gasteiger partial charge is 0.251 e. The molecule has 0 saturated carbocycles. The molecule has 0 bridgehead atoms. The zero-order valence-electron chi connectivity index (χ0n) is 15.7. The van der Waals surface area contributed by atoms with Gasteiger partial charge < -0.3 is 15.5 Å². The Hall–Kier alpha value is -1.43. The lowest BCUT2D eigenvalue weighted by molar-refractivity contribution is 0.0922. The van der Waals surface area contributed by atoms with Crippen LogP contribution in [0.5, 0.6) is 0 Å². The van der Waals surface area contributed by atoms with Crippen LogP contribution in [0, 0.1) is 5.41 Å². The van der Waals surface area contributed by atoms with Crippen LogP contribution < -0.4 is 10.6 Å². The van der Waals surface area contributed by atoms with Gasteiger partial charge in [0.2, 0.25) is 0 Å². The lowest BCUT2D eigenvalue weighted by atomic mass is 9.81. The summed E-state index contributed by atoms with van der Waals surface area (Å²) in [4.78, 5) is 17.4. The van der Waals surface area contributed by atoms with Gasteiger partial charge in [0.15, 0.2) is 0 Å². The second kappa shape index (κ2) is 8.30. The molecule has 2 aliphatic heterocycles. The molecular weight excluding hydrogens is 312 g/mol. The van der Waals surface area contributed by atoms with Gasteiger partial charge in [0.05, 0.1) is 0 Å². The number of likely N-dealkylation sites (N-methyl/N-ethyl adjacent to an activating group) is 1. The fraction of sp³-hybridized carbons (Fsp3) is 0.650. The summed E-state index contributed by atoms with van der Waals surface area (Å²) >= 11 is 0. The highest BCUT2D eigenvalue weighted by atomic mass is 16.1. The van der Waals surface area contributed by atoms with Crippen LogP contribution in [0.3, 0.4) is 0 Å². The average molecular weight is 345 g/mol. The van der Waals surface area contributed by atoms with Crippen molar-refractivity contribution in [2.75, 3.05) is 52.9 Å². The highest BCUT2D eigenvalue weighted by Crippen LogP contribution is 2.26. The van der Waals surface area contributed by atoms with Crippen LogP contribution in [0.1, 0.15) is 35.7 Å². The molecule has 0 unspecified atom stereocenters. The lowest BCUT2D eigenvalue weighted by Gasteiger charge is -2.34. The van der Waals surface area contributed by atoms with Gasteiger partial charge in [0.1, 0.15) is 0 Å². The van der Waals surface area contributed by atoms with Gasteiger partial charge in [-0.05, 0) is 56.1 Å². The van der Waals surface area contributed by atoms with Gasteiger partial charge in [-0.25, -0.2) is 0 Å². The second-order valence-corrected chi connectivity index (χ2v) is 8.02. The first-order valence-corrected chi connectivity index (χ1v) is 9.53. The van der Waals surface area contributed by atoms with E-state index in [0.29, 0.717) is 0 Å². The molecule has 25 heavy (non-hydrogen) atoms. The maximum Gasteiger partial charge on any atom is 0.251 e. The molecule has 0 spiro atoms. The predicted octanol–water partition coefficient (Wildman–Crippen LogP) is 1.55. The number of hydrogen-bond acceptors (Lipinski definition) is 4. The van der Waals surface area contributed by atoms with E-state index in [1.807, 2.05) is 12.1 Å². The average Bonchev–Trinajstić information content (AvgIpc) is 2.63. The van der Waals surface area contributed by atoms with Gasteiger partial charge in [-0.15, -0.1) is 0 Å². The topological polar surface area (TPSA) is 47.6 Å². The van der Waals surface area contributed by atoms with E-state index < -0.39 is 0 Å². The van der Waals surface area contributed by atoms with Crippen LogP contribution >= 0.6 is 0 Å². The molecule has 0 aliphatic carbocycles. The van der Waals surface area contributed by atoms with Gasteiger partial charge in [0, 0.05) is 44.8 Å². The van der Waals surface area contributed by atoms with Gasteiger partial charge in [-0.2, -0.15) is 0 Å². The lowest BCUT2D eigenvalue weighted by Crippen LogP contribution is -2.44. The Labute approximate surface area is 151 Å². The van der Waals surface area contributed by atoms with Crippen LogP contribution in [0.25, 0.3) is 0 Å². The minimum absolute atomic E-state index is 0.0555. The summed E-state index contributed by atoms with van der Waals surface area (Å²) in [5, 5.41) is 6.55. The number of nitrogens with one attached hydrogen (secondary N) is 2. The van der Waals surface area contributed by atoms with Gasteiger partial charge in [-0.1, -0.05) is 19.1 Å². The third-order valence-electron chi connectivity index (χ3n) is 5.68. The molecule has 0 atom stereocenters. The van der Waals surface area contributed by atoms with Crippen LogP contribution in [0.15, 0.2) is 24.3 Å². The molecule has 2 N–H and O–H groups in total. The van der Waals surface area contributed by atoms with Crippen molar-refractivity contribution in [1.29, 1.82) is 0 Å². The number of benzene rings is 1. The first-order chi connectivity index (χ1) is 12.0. The minimum atomic E-state index is 0.0555. The molecule has 3 rings (SSSR count). The first-order valence-electron chi connectivity index (χ1n) is 9.53. The molecule has 0 aromatic heterocycles. The summed E-state index contributed by atoms with van der Waals surface area (Å²) in [5.74, 6) is 0.0555. The number of carbonyl (C=O) groups excluding carboxylic acids is 1. The number of amides is 1. The quantitative estimate of drug-likeness (QED) is 0.851. The van der Waals surface area contributed by atoms with E-state index in [9.17, 15) is 4.79 Å². The number of nitrogens with zero attached hydrogens (tertiary/aromatic N) is 2. The van der Waals surface area contributed by atoms with Crippen molar-refractivity contribution >= 4 is 5.91 Å². The molecule has 2 saturated heterocycles. The normalized spacial score (nSPS) is 21.8. The Bertz CT molecular complexity index is 575. The second-order valence-electron chi connectivity index (χ2n) is 8.02. The molecule has 5 heteroatoms. The first kappa shape index (κ1) is 18.4. The Morgan fingerprint density at radius 2 is 1.92 bits per heavy atom. The van der Waals surface area contributed by atoms with Crippen molar-refractivity contribution in [2.24, 2.45) is 5.41 Å². The van der Waals surface area contributed by atoms with Crippen molar-refractivity contribution < 1.29 is 4.79 Å². The van der Waals surface area contributed by atoms with Crippen molar-refractivity contribution in [3.05, 3.63) is 35.4 Å². The Morgan fingerprint density at radius 3 is 2.64 bits per heavy atom. The third kappa shape index (κ3) is 5.27. The monoisotopic (exact) mass is 344 g/mol. The maximum absolute atomic E-state index is 12.6. The standard InChI is InChI=1S/C20H32N4O/c1-20(6-8-21-9-7-20)16-22-19(25)18-5-3-4-17(14-18)15-24-12-10-23(2)11-13-24/h3-5,14,21H,6-13,15-16H2,1-2H3,(H,22,25). The minimum Gasteiger partial charge on any atom is -0.351 e. The Morgan fingerprint density at radius 1 is 1.20 bits per heavy atom. The summed E-state index contributed by atoms with van der Waals surface area (Å²) in [5.41, 5.74) is 2.23. The van der Waals surface area contributed by atoms with Crippen LogP contribution in [-0.4, -0.2) is 68.6 Å². The highest BCUT2D eigenvalue weighted by Gasteiger charge is 2.27. The number of hydrogen-bond donors (Lipinski definition) is 2. The van der Waals surface area contributed by atoms with E-state index >= 15 is 0 Å². The van der Waals surface area contributed by atoms with Crippen molar-refractivity contribution in [3.63, 3.8) is 0 Å². The van der Waals surface area contributed by atoms with E-state index in [-0.39, 0.29) is 11.3 Å². The van der Waals surface area contributed by atoms with E-state index in [2.05, 4.69) is 46.5 Å². The predicted molar refractivity (Wildman–Crippen MR) is 102 cm³/mol. The van der Waals surface area contributed by atoms with Crippen LogP contribution in [0.2, 0.25) is 0 Å². The maximum atomic E-state index is 12.6. The van der Waals surface area contributed by atoms with E-state index in [1.54, 1.807) is 0 Å². The molecule has 138 valence electrons. The number of rotatable bonds is 5. The number of piperazine rings is 1. The summed E-state index contributed by atoms with van der Waals surface area (Å²) in [6, 6.07) is 8.11. The number of carbonyl (C=O) groups is 1. The molecule has 5 nitrogen and oxygen atoms in total. The highest BCUT2D eigenvalue weighted by molar-refractivity contribution is 5.94. The Kier molecular flexibility index (Phi) is 6.10. The summed E-state index contributed by atoms with van der Waals surface area (Å²) in [6.07, 6.45) is 2.24. The zero-order chi connectivity index (χ0) is 17.7. The molecule has 0 radical (unpaired) electrons. The molecule has 2 aliphatic rings. The van der Waals surface area contributed by atoms with E-state index in [1.165, 1.54) is 5.56 Å². The van der Waals surface area contributed by atoms with Crippen molar-refractivity contribution in [2.45, 2.75) is 26.3 Å². The van der Waals surface area contributed by atoms with Gasteiger partial charge in [0.25, 0.3) is 5.91 Å². The van der Waals surface area contributed by atoms with E-state index in [0.717, 1.165) is 70.8 Å². The molecule has 1 aromatic rings. The fourth-order valence-corrected chi connectivity index (χ4v) is 3.68. The molecular formula is C20H32N4O. The van der Waals surface area contributed by atoms with Crippen LogP contribution in [0.4, 0.5) is 0 Å². The summed E-state index contributed by atoms with van der Waals surface area (Å²) in [7, 11) is 2.17. The molecule has 2 heterocycles. The van der Waals surface area contributed by atoms with Gasteiger partial charge in [-0.3, -0.25) is 9.69 Å².